The maximum atomic E-state index is 12.8. The molecular weight excluding hydrogens is 460 g/mol. The van der Waals surface area contributed by atoms with E-state index in [1.54, 1.807) is 12.1 Å². The molecule has 4 aliphatic rings. The Bertz CT molecular complexity index is 1110. The number of fused-ring (bicyclic) bond motifs is 5. The van der Waals surface area contributed by atoms with Crippen LogP contribution in [0.4, 0.5) is 0 Å². The molecule has 1 aromatic carbocycles. The molecule has 35 heavy (non-hydrogen) atoms. The zero-order valence-electron chi connectivity index (χ0n) is 21.5. The molecule has 0 saturated heterocycles. The minimum atomic E-state index is -3.67. The zero-order valence-corrected chi connectivity index (χ0v) is 22.4. The van der Waals surface area contributed by atoms with Gasteiger partial charge in [-0.15, -0.1) is 0 Å². The highest BCUT2D eigenvalue weighted by Crippen LogP contribution is 2.65. The van der Waals surface area contributed by atoms with Gasteiger partial charge in [0.15, 0.2) is 0 Å². The molecule has 6 nitrogen and oxygen atoms in total. The smallest absolute Gasteiger partial charge is 0.302 e. The molecule has 4 fully saturated rings. The summed E-state index contributed by atoms with van der Waals surface area (Å²) in [6, 6.07) is 6.90. The molecule has 0 spiro atoms. The second kappa shape index (κ2) is 8.89. The summed E-state index contributed by atoms with van der Waals surface area (Å²) >= 11 is 0. The number of benzene rings is 1. The largest absolute Gasteiger partial charge is 0.463 e. The number of hydrazone groups is 1. The van der Waals surface area contributed by atoms with E-state index in [1.807, 2.05) is 19.1 Å². The summed E-state index contributed by atoms with van der Waals surface area (Å²) in [6.45, 7) is 8.29. The summed E-state index contributed by atoms with van der Waals surface area (Å²) in [5.41, 5.74) is 2.34. The van der Waals surface area contributed by atoms with Gasteiger partial charge in [0.2, 0.25) is 0 Å². The van der Waals surface area contributed by atoms with Crippen LogP contribution in [0.25, 0.3) is 0 Å². The topological polar surface area (TPSA) is 84.8 Å². The zero-order chi connectivity index (χ0) is 25.0. The monoisotopic (exact) mass is 500 g/mol. The van der Waals surface area contributed by atoms with Crippen LogP contribution in [0.2, 0.25) is 0 Å². The van der Waals surface area contributed by atoms with E-state index in [-0.39, 0.29) is 22.4 Å². The van der Waals surface area contributed by atoms with Gasteiger partial charge in [-0.25, -0.2) is 4.83 Å². The molecule has 5 rings (SSSR count). The Labute approximate surface area is 210 Å². The van der Waals surface area contributed by atoms with Crippen molar-refractivity contribution in [3.63, 3.8) is 0 Å². The lowest BCUT2D eigenvalue weighted by Gasteiger charge is -2.60. The molecule has 0 amide bonds. The molecule has 4 saturated carbocycles. The Morgan fingerprint density at radius 1 is 1.03 bits per heavy atom. The first kappa shape index (κ1) is 24.8. The number of esters is 1. The van der Waals surface area contributed by atoms with Crippen LogP contribution in [-0.4, -0.2) is 26.2 Å². The van der Waals surface area contributed by atoms with Crippen molar-refractivity contribution in [3.05, 3.63) is 29.8 Å². The van der Waals surface area contributed by atoms with Crippen molar-refractivity contribution in [3.8, 4) is 0 Å². The Morgan fingerprint density at radius 3 is 2.49 bits per heavy atom. The van der Waals surface area contributed by atoms with E-state index in [1.165, 1.54) is 26.2 Å². The number of aryl methyl sites for hydroxylation is 1. The molecule has 4 aliphatic carbocycles. The highest BCUT2D eigenvalue weighted by Gasteiger charge is 2.59. The summed E-state index contributed by atoms with van der Waals surface area (Å²) in [5, 5.41) is 4.55. The first-order valence-corrected chi connectivity index (χ1v) is 14.8. The average molecular weight is 501 g/mol. The molecule has 1 aromatic rings. The van der Waals surface area contributed by atoms with Gasteiger partial charge in [0.1, 0.15) is 6.10 Å². The molecule has 0 aromatic heterocycles. The second-order valence-corrected chi connectivity index (χ2v) is 13.8. The number of rotatable bonds is 4. The maximum Gasteiger partial charge on any atom is 0.302 e. The number of ether oxygens (including phenoxy) is 1. The molecule has 1 N–H and O–H groups in total. The van der Waals surface area contributed by atoms with Crippen LogP contribution in [0.5, 0.6) is 0 Å². The van der Waals surface area contributed by atoms with Crippen molar-refractivity contribution in [1.82, 2.24) is 4.83 Å². The van der Waals surface area contributed by atoms with Gasteiger partial charge in [0.25, 0.3) is 10.0 Å². The van der Waals surface area contributed by atoms with E-state index in [9.17, 15) is 13.2 Å². The van der Waals surface area contributed by atoms with Gasteiger partial charge in [-0.05, 0) is 106 Å². The second-order valence-electron chi connectivity index (χ2n) is 12.1. The summed E-state index contributed by atoms with van der Waals surface area (Å²) in [4.78, 5) is 14.3. The Kier molecular flexibility index (Phi) is 6.30. The fourth-order valence-electron chi connectivity index (χ4n) is 8.42. The number of carbonyl (C=O) groups excluding carboxylic acids is 1. The van der Waals surface area contributed by atoms with E-state index < -0.39 is 10.0 Å². The van der Waals surface area contributed by atoms with Gasteiger partial charge in [0, 0.05) is 18.1 Å². The highest BCUT2D eigenvalue weighted by atomic mass is 32.2. The fourth-order valence-corrected chi connectivity index (χ4v) is 9.25. The van der Waals surface area contributed by atoms with E-state index in [0.717, 1.165) is 49.8 Å². The first-order chi connectivity index (χ1) is 16.5. The third kappa shape index (κ3) is 4.32. The van der Waals surface area contributed by atoms with Crippen LogP contribution in [-0.2, 0) is 19.6 Å². The molecule has 0 bridgehead atoms. The van der Waals surface area contributed by atoms with Crippen LogP contribution in [0, 0.1) is 41.4 Å². The van der Waals surface area contributed by atoms with Gasteiger partial charge in [-0.3, -0.25) is 4.79 Å². The van der Waals surface area contributed by atoms with E-state index in [0.29, 0.717) is 29.1 Å². The number of hydrogen-bond acceptors (Lipinski definition) is 5. The Hall–Kier alpha value is -1.89. The number of nitrogens with one attached hydrogen (secondary N) is 1. The van der Waals surface area contributed by atoms with Gasteiger partial charge in [-0.1, -0.05) is 31.5 Å². The van der Waals surface area contributed by atoms with Crippen LogP contribution < -0.4 is 4.83 Å². The fraction of sp³-hybridized carbons (Fsp3) is 0.714. The summed E-state index contributed by atoms with van der Waals surface area (Å²) in [6.07, 6.45) is 9.84. The van der Waals surface area contributed by atoms with Crippen LogP contribution in [0.3, 0.4) is 0 Å². The molecule has 0 unspecified atom stereocenters. The quantitative estimate of drug-likeness (QED) is 0.431. The lowest BCUT2D eigenvalue weighted by Crippen LogP contribution is -2.54. The molecule has 7 heteroatoms. The number of carbonyl (C=O) groups is 1. The van der Waals surface area contributed by atoms with Crippen molar-refractivity contribution in [1.29, 1.82) is 0 Å². The minimum Gasteiger partial charge on any atom is -0.463 e. The third-order valence-electron chi connectivity index (χ3n) is 10.3. The minimum absolute atomic E-state index is 0.0326. The standard InChI is InChI=1S/C28H40N2O4S/c1-18-5-8-22(9-6-18)35(32,33)30-29-26-12-11-24-23-10-7-20-17-21(34-19(2)31)13-15-27(20,3)25(23)14-16-28(24,26)4/h5-6,8-9,20-21,23-25,30H,7,10-17H2,1-4H3/b29-26-/t20-,21-,23+,24-,25+,27-,28+/m0/s1. The number of hydrogen-bond donors (Lipinski definition) is 1. The van der Waals surface area contributed by atoms with Crippen molar-refractivity contribution >= 4 is 21.7 Å². The summed E-state index contributed by atoms with van der Waals surface area (Å²) < 4.78 is 31.3. The van der Waals surface area contributed by atoms with Gasteiger partial charge in [-0.2, -0.15) is 13.5 Å². The van der Waals surface area contributed by atoms with Crippen molar-refractivity contribution in [2.75, 3.05) is 0 Å². The Balaban J connectivity index is 1.31. The SMILES string of the molecule is CC(=O)O[C@H]1CC[C@@]2(C)[C@@H](CC[C@H]3[C@H]2CC[C@@]2(C)/C(=N\NS(=O)(=O)c4ccc(C)cc4)CC[C@@H]32)C1. The highest BCUT2D eigenvalue weighted by molar-refractivity contribution is 7.89. The van der Waals surface area contributed by atoms with Gasteiger partial charge in [0.05, 0.1) is 4.90 Å². The number of nitrogens with zero attached hydrogens (tertiary/aromatic N) is 1. The third-order valence-corrected chi connectivity index (χ3v) is 11.5. The van der Waals surface area contributed by atoms with E-state index in [4.69, 9.17) is 4.74 Å². The van der Waals surface area contributed by atoms with Crippen LogP contribution >= 0.6 is 0 Å². The molecular formula is C28H40N2O4S. The van der Waals surface area contributed by atoms with Crippen molar-refractivity contribution in [2.45, 2.75) is 96.5 Å². The molecule has 192 valence electrons. The first-order valence-electron chi connectivity index (χ1n) is 13.4. The van der Waals surface area contributed by atoms with Crippen molar-refractivity contribution < 1.29 is 17.9 Å². The summed E-state index contributed by atoms with van der Waals surface area (Å²) in [5.74, 6) is 2.40. The molecule has 7 atom stereocenters. The lowest BCUT2D eigenvalue weighted by molar-refractivity contribution is -0.158. The predicted molar refractivity (Wildman–Crippen MR) is 136 cm³/mol. The average Bonchev–Trinajstić information content (AvgIpc) is 3.14. The summed E-state index contributed by atoms with van der Waals surface area (Å²) in [7, 11) is -3.67. The maximum absolute atomic E-state index is 12.8. The van der Waals surface area contributed by atoms with Crippen LogP contribution in [0.15, 0.2) is 34.3 Å². The Morgan fingerprint density at radius 2 is 1.77 bits per heavy atom. The van der Waals surface area contributed by atoms with Crippen molar-refractivity contribution in [2.24, 2.45) is 39.6 Å². The van der Waals surface area contributed by atoms with Gasteiger partial charge < -0.3 is 4.74 Å². The van der Waals surface area contributed by atoms with Gasteiger partial charge >= 0.3 is 5.97 Å². The lowest BCUT2D eigenvalue weighted by atomic mass is 9.45. The molecule has 0 radical (unpaired) electrons. The predicted octanol–water partition coefficient (Wildman–Crippen LogP) is 5.60. The number of sulfonamides is 1. The van der Waals surface area contributed by atoms with Crippen LogP contribution in [0.1, 0.15) is 84.1 Å². The normalized spacial score (nSPS) is 39.9. The molecule has 0 aliphatic heterocycles. The van der Waals surface area contributed by atoms with E-state index in [2.05, 4.69) is 23.8 Å². The molecule has 0 heterocycles. The van der Waals surface area contributed by atoms with E-state index >= 15 is 0 Å².